The van der Waals surface area contributed by atoms with Crippen molar-refractivity contribution in [1.82, 2.24) is 0 Å². The average molecular weight is 451 g/mol. The van der Waals surface area contributed by atoms with Crippen LogP contribution in [0.4, 0.5) is 5.69 Å². The fourth-order valence-electron chi connectivity index (χ4n) is 3.27. The van der Waals surface area contributed by atoms with E-state index in [1.54, 1.807) is 58.2 Å². The fraction of sp³-hybridized carbons (Fsp3) is 0.346. The molecule has 1 amide bonds. The highest BCUT2D eigenvalue weighted by Crippen LogP contribution is 2.31. The van der Waals surface area contributed by atoms with E-state index in [-0.39, 0.29) is 12.0 Å². The van der Waals surface area contributed by atoms with E-state index in [9.17, 15) is 9.59 Å². The highest BCUT2D eigenvalue weighted by atomic mass is 16.5. The minimum absolute atomic E-state index is 0.201. The van der Waals surface area contributed by atoms with E-state index < -0.39 is 5.97 Å². The van der Waals surface area contributed by atoms with Crippen LogP contribution in [0.5, 0.6) is 11.5 Å². The predicted molar refractivity (Wildman–Crippen MR) is 129 cm³/mol. The molecule has 2 aromatic rings. The Morgan fingerprint density at radius 2 is 1.85 bits per heavy atom. The van der Waals surface area contributed by atoms with Crippen molar-refractivity contribution in [2.75, 3.05) is 18.7 Å². The Hall–Kier alpha value is -3.61. The molecule has 0 atom stereocenters. The van der Waals surface area contributed by atoms with Crippen molar-refractivity contribution < 1.29 is 23.8 Å². The van der Waals surface area contributed by atoms with Crippen molar-refractivity contribution in [3.05, 3.63) is 59.2 Å². The molecule has 2 aromatic carbocycles. The summed E-state index contributed by atoms with van der Waals surface area (Å²) >= 11 is 0. The van der Waals surface area contributed by atoms with Crippen molar-refractivity contribution in [3.8, 4) is 11.5 Å². The lowest BCUT2D eigenvalue weighted by molar-refractivity contribution is -0.114. The molecule has 0 fully saturated rings. The Kier molecular flexibility index (Phi) is 7.87. The van der Waals surface area contributed by atoms with Crippen LogP contribution in [0.1, 0.15) is 56.5 Å². The molecule has 3 rings (SSSR count). The lowest BCUT2D eigenvalue weighted by Gasteiger charge is -2.13. The standard InChI is InChI=1S/C26H30N2O5/c1-6-7-14-32-23-13-8-19(16-24(23)31-5)15-22-18(4)27-28(25(22)29)21-11-9-20(10-12-21)26(30)33-17(2)3/h8-13,15-17H,6-7,14H2,1-5H3/b22-15-. The van der Waals surface area contributed by atoms with Gasteiger partial charge in [0, 0.05) is 0 Å². The molecule has 0 bridgehead atoms. The van der Waals surface area contributed by atoms with Gasteiger partial charge in [0.15, 0.2) is 11.5 Å². The fourth-order valence-corrected chi connectivity index (χ4v) is 3.27. The number of carbonyl (C=O) groups is 2. The molecule has 1 aliphatic rings. The molecule has 0 unspecified atom stereocenters. The molecule has 7 nitrogen and oxygen atoms in total. The van der Waals surface area contributed by atoms with E-state index >= 15 is 0 Å². The molecule has 0 N–H and O–H groups in total. The van der Waals surface area contributed by atoms with Crippen LogP contribution < -0.4 is 14.5 Å². The third-order valence-corrected chi connectivity index (χ3v) is 5.01. The summed E-state index contributed by atoms with van der Waals surface area (Å²) in [4.78, 5) is 25.1. The van der Waals surface area contributed by atoms with E-state index in [2.05, 4.69) is 12.0 Å². The van der Waals surface area contributed by atoms with Gasteiger partial charge in [-0.15, -0.1) is 0 Å². The van der Waals surface area contributed by atoms with Gasteiger partial charge in [0.25, 0.3) is 5.91 Å². The smallest absolute Gasteiger partial charge is 0.338 e. The third-order valence-electron chi connectivity index (χ3n) is 5.01. The highest BCUT2D eigenvalue weighted by Gasteiger charge is 2.29. The second-order valence-corrected chi connectivity index (χ2v) is 7.97. The van der Waals surface area contributed by atoms with Crippen LogP contribution in [0, 0.1) is 0 Å². The SMILES string of the molecule is CCCCOc1ccc(/C=C2\C(=O)N(c3ccc(C(=O)OC(C)C)cc3)N=C2C)cc1OC. The zero-order chi connectivity index (χ0) is 24.0. The highest BCUT2D eigenvalue weighted by molar-refractivity contribution is 6.32. The van der Waals surface area contributed by atoms with Crippen molar-refractivity contribution in [2.45, 2.75) is 46.6 Å². The number of rotatable bonds is 9. The van der Waals surface area contributed by atoms with Gasteiger partial charge in [-0.1, -0.05) is 19.4 Å². The van der Waals surface area contributed by atoms with Gasteiger partial charge in [-0.05, 0) is 75.2 Å². The number of esters is 1. The van der Waals surface area contributed by atoms with Crippen LogP contribution in [0.15, 0.2) is 53.1 Å². The van der Waals surface area contributed by atoms with E-state index in [1.165, 1.54) is 5.01 Å². The molecule has 0 aromatic heterocycles. The van der Waals surface area contributed by atoms with Gasteiger partial charge in [-0.2, -0.15) is 10.1 Å². The van der Waals surface area contributed by atoms with Crippen LogP contribution in [-0.2, 0) is 9.53 Å². The summed E-state index contributed by atoms with van der Waals surface area (Å²) in [6, 6.07) is 12.2. The number of amides is 1. The summed E-state index contributed by atoms with van der Waals surface area (Å²) in [6.45, 7) is 8.11. The van der Waals surface area contributed by atoms with Gasteiger partial charge in [-0.3, -0.25) is 4.79 Å². The van der Waals surface area contributed by atoms with Crippen LogP contribution in [-0.4, -0.2) is 37.4 Å². The molecule has 0 radical (unpaired) electrons. The number of benzene rings is 2. The number of hydrazone groups is 1. The van der Waals surface area contributed by atoms with Crippen LogP contribution in [0.2, 0.25) is 0 Å². The summed E-state index contributed by atoms with van der Waals surface area (Å²) in [5.41, 5.74) is 2.89. The van der Waals surface area contributed by atoms with E-state index in [1.807, 2.05) is 18.2 Å². The van der Waals surface area contributed by atoms with Gasteiger partial charge in [0.05, 0.1) is 42.4 Å². The predicted octanol–water partition coefficient (Wildman–Crippen LogP) is 5.25. The van der Waals surface area contributed by atoms with Gasteiger partial charge >= 0.3 is 5.97 Å². The van der Waals surface area contributed by atoms with E-state index in [0.717, 1.165) is 18.4 Å². The molecule has 0 spiro atoms. The molecular weight excluding hydrogens is 420 g/mol. The first-order valence-corrected chi connectivity index (χ1v) is 11.1. The van der Waals surface area contributed by atoms with Crippen molar-refractivity contribution >= 4 is 29.4 Å². The van der Waals surface area contributed by atoms with E-state index in [4.69, 9.17) is 14.2 Å². The number of anilines is 1. The zero-order valence-corrected chi connectivity index (χ0v) is 19.8. The maximum absolute atomic E-state index is 13.1. The summed E-state index contributed by atoms with van der Waals surface area (Å²) in [7, 11) is 1.59. The van der Waals surface area contributed by atoms with Gasteiger partial charge in [0.2, 0.25) is 0 Å². The molecule has 33 heavy (non-hydrogen) atoms. The number of nitrogens with zero attached hydrogens (tertiary/aromatic N) is 2. The van der Waals surface area contributed by atoms with Crippen molar-refractivity contribution in [2.24, 2.45) is 5.10 Å². The molecule has 1 heterocycles. The Morgan fingerprint density at radius 1 is 1.12 bits per heavy atom. The summed E-state index contributed by atoms with van der Waals surface area (Å²) in [5, 5.41) is 5.74. The van der Waals surface area contributed by atoms with Crippen LogP contribution >= 0.6 is 0 Å². The zero-order valence-electron chi connectivity index (χ0n) is 19.8. The van der Waals surface area contributed by atoms with Crippen LogP contribution in [0.25, 0.3) is 6.08 Å². The molecule has 0 saturated carbocycles. The molecule has 0 aliphatic carbocycles. The summed E-state index contributed by atoms with van der Waals surface area (Å²) in [6.07, 6.45) is 3.60. The number of ether oxygens (including phenoxy) is 3. The van der Waals surface area contributed by atoms with Crippen LogP contribution in [0.3, 0.4) is 0 Å². The lowest BCUT2D eigenvalue weighted by atomic mass is 10.1. The van der Waals surface area contributed by atoms with E-state index in [0.29, 0.717) is 40.6 Å². The van der Waals surface area contributed by atoms with Gasteiger partial charge in [-0.25, -0.2) is 4.79 Å². The Morgan fingerprint density at radius 3 is 2.48 bits per heavy atom. The second kappa shape index (κ2) is 10.8. The maximum Gasteiger partial charge on any atom is 0.338 e. The van der Waals surface area contributed by atoms with Gasteiger partial charge < -0.3 is 14.2 Å². The maximum atomic E-state index is 13.1. The number of unbranched alkanes of at least 4 members (excludes halogenated alkanes) is 1. The molecular formula is C26H30N2O5. The van der Waals surface area contributed by atoms with Gasteiger partial charge in [0.1, 0.15) is 0 Å². The first-order chi connectivity index (χ1) is 15.8. The van der Waals surface area contributed by atoms with Crippen molar-refractivity contribution in [3.63, 3.8) is 0 Å². The molecule has 174 valence electrons. The third kappa shape index (κ3) is 5.80. The quantitative estimate of drug-likeness (QED) is 0.296. The average Bonchev–Trinajstić information content (AvgIpc) is 3.08. The first kappa shape index (κ1) is 24.0. The second-order valence-electron chi connectivity index (χ2n) is 7.97. The molecule has 0 saturated heterocycles. The lowest BCUT2D eigenvalue weighted by Crippen LogP contribution is -2.21. The molecule has 7 heteroatoms. The Balaban J connectivity index is 1.78. The summed E-state index contributed by atoms with van der Waals surface area (Å²) < 4.78 is 16.4. The Bertz CT molecular complexity index is 1070. The number of carbonyl (C=O) groups excluding carboxylic acids is 2. The molecule has 1 aliphatic heterocycles. The number of methoxy groups -OCH3 is 1. The largest absolute Gasteiger partial charge is 0.493 e. The normalized spacial score (nSPS) is 14.6. The first-order valence-electron chi connectivity index (χ1n) is 11.1. The topological polar surface area (TPSA) is 77.4 Å². The minimum Gasteiger partial charge on any atom is -0.493 e. The number of hydrogen-bond donors (Lipinski definition) is 0. The van der Waals surface area contributed by atoms with Crippen molar-refractivity contribution in [1.29, 1.82) is 0 Å². The minimum atomic E-state index is -0.402. The Labute approximate surface area is 194 Å². The monoisotopic (exact) mass is 450 g/mol. The summed E-state index contributed by atoms with van der Waals surface area (Å²) in [5.74, 6) is 0.642. The number of hydrogen-bond acceptors (Lipinski definition) is 6.